The van der Waals surface area contributed by atoms with Crippen LogP contribution in [0.3, 0.4) is 0 Å². The molecule has 3 aliphatic rings. The first-order valence-electron chi connectivity index (χ1n) is 12.8. The molecule has 186 valence electrons. The van der Waals surface area contributed by atoms with Crippen LogP contribution in [0.2, 0.25) is 0 Å². The molecule has 0 aromatic rings. The fourth-order valence-electron chi connectivity index (χ4n) is 5.50. The van der Waals surface area contributed by atoms with Crippen molar-refractivity contribution >= 4 is 0 Å². The molecule has 2 fully saturated rings. The van der Waals surface area contributed by atoms with Crippen LogP contribution in [0.25, 0.3) is 0 Å². The first-order chi connectivity index (χ1) is 15.2. The van der Waals surface area contributed by atoms with E-state index >= 15 is 0 Å². The summed E-state index contributed by atoms with van der Waals surface area (Å²) in [4.78, 5) is 0. The van der Waals surface area contributed by atoms with Crippen molar-refractivity contribution in [1.29, 1.82) is 0 Å². The van der Waals surface area contributed by atoms with Crippen LogP contribution < -0.4 is 0 Å². The van der Waals surface area contributed by atoms with Crippen molar-refractivity contribution in [2.45, 2.75) is 124 Å². The Bertz CT molecular complexity index is 607. The molecule has 3 rings (SSSR count). The molecule has 0 saturated carbocycles. The highest BCUT2D eigenvalue weighted by Gasteiger charge is 2.48. The van der Waals surface area contributed by atoms with Crippen molar-refractivity contribution in [2.24, 2.45) is 29.6 Å². The third kappa shape index (κ3) is 5.20. The van der Waals surface area contributed by atoms with Crippen molar-refractivity contribution in [1.82, 2.24) is 0 Å². The van der Waals surface area contributed by atoms with Gasteiger partial charge in [-0.2, -0.15) is 0 Å². The van der Waals surface area contributed by atoms with Gasteiger partial charge in [0.2, 0.25) is 0 Å². The maximum Gasteiger partial charge on any atom is 0.163 e. The second kappa shape index (κ2) is 11.2. The van der Waals surface area contributed by atoms with E-state index in [1.165, 1.54) is 0 Å². The lowest BCUT2D eigenvalue weighted by atomic mass is 9.82. The summed E-state index contributed by atoms with van der Waals surface area (Å²) in [5.41, 5.74) is 0. The molecule has 0 amide bonds. The van der Waals surface area contributed by atoms with Crippen molar-refractivity contribution in [3.63, 3.8) is 0 Å². The number of hydrogen-bond acceptors (Lipinski definition) is 6. The van der Waals surface area contributed by atoms with Gasteiger partial charge in [-0.05, 0) is 31.3 Å². The molecule has 13 atom stereocenters. The highest BCUT2D eigenvalue weighted by molar-refractivity contribution is 4.96. The van der Waals surface area contributed by atoms with Crippen molar-refractivity contribution in [3.05, 3.63) is 12.3 Å². The summed E-state index contributed by atoms with van der Waals surface area (Å²) in [6.45, 7) is 17.0. The van der Waals surface area contributed by atoms with Crippen LogP contribution in [0.5, 0.6) is 0 Å². The van der Waals surface area contributed by atoms with Crippen LogP contribution in [-0.2, 0) is 23.7 Å². The number of rotatable bonds is 7. The van der Waals surface area contributed by atoms with Crippen LogP contribution >= 0.6 is 0 Å². The predicted octanol–water partition coefficient (Wildman–Crippen LogP) is 4.89. The number of aliphatic hydroxyl groups excluding tert-OH is 1. The highest BCUT2D eigenvalue weighted by atomic mass is 16.7. The van der Waals surface area contributed by atoms with E-state index in [1.807, 2.05) is 6.92 Å². The predicted molar refractivity (Wildman–Crippen MR) is 124 cm³/mol. The van der Waals surface area contributed by atoms with E-state index in [1.54, 1.807) is 6.26 Å². The van der Waals surface area contributed by atoms with Crippen LogP contribution in [0.15, 0.2) is 12.3 Å². The van der Waals surface area contributed by atoms with Gasteiger partial charge in [-0.15, -0.1) is 0 Å². The molecule has 1 N–H and O–H groups in total. The molecular formula is C26H46O6. The molecule has 6 nitrogen and oxygen atoms in total. The Balaban J connectivity index is 1.70. The average molecular weight is 455 g/mol. The van der Waals surface area contributed by atoms with Crippen LogP contribution in [0.1, 0.15) is 74.7 Å². The van der Waals surface area contributed by atoms with E-state index in [2.05, 4.69) is 54.5 Å². The Hall–Kier alpha value is -0.660. The number of aliphatic hydroxyl groups is 1. The van der Waals surface area contributed by atoms with Gasteiger partial charge in [0.15, 0.2) is 12.6 Å². The third-order valence-corrected chi connectivity index (χ3v) is 8.16. The zero-order valence-electron chi connectivity index (χ0n) is 21.3. The minimum absolute atomic E-state index is 0.00594. The minimum Gasteiger partial charge on any atom is -0.496 e. The Morgan fingerprint density at radius 2 is 1.25 bits per heavy atom. The minimum atomic E-state index is -0.432. The van der Waals surface area contributed by atoms with Gasteiger partial charge in [0.25, 0.3) is 0 Å². The second-order valence-electron chi connectivity index (χ2n) is 10.3. The summed E-state index contributed by atoms with van der Waals surface area (Å²) in [5, 5.41) is 10.8. The molecule has 2 saturated heterocycles. The Kier molecular flexibility index (Phi) is 9.07. The second-order valence-corrected chi connectivity index (χ2v) is 10.3. The average Bonchev–Trinajstić information content (AvgIpc) is 2.79. The topological polar surface area (TPSA) is 66.4 Å². The largest absolute Gasteiger partial charge is 0.496 e. The van der Waals surface area contributed by atoms with E-state index in [0.717, 1.165) is 19.3 Å². The molecule has 32 heavy (non-hydrogen) atoms. The van der Waals surface area contributed by atoms with Crippen molar-refractivity contribution in [3.8, 4) is 0 Å². The van der Waals surface area contributed by atoms with Gasteiger partial charge in [0, 0.05) is 23.7 Å². The summed E-state index contributed by atoms with van der Waals surface area (Å²) in [5.74, 6) is 0.678. The standard InChI is InChI=1S/C26H46O6/c1-9-19-17(7)22(27)18(8)26(29-19)32-24-15(5)16(6)25(30-21(24)11-3)31-23-14(4)12-13-28-20(23)10-2/h12-27H,9-11H2,1-8H3/t14?,15-,16?,17+,18?,19?,20?,21?,22+,23-,24-,25+,26+/m1/s1. The highest BCUT2D eigenvalue weighted by Crippen LogP contribution is 2.40. The van der Waals surface area contributed by atoms with Crippen molar-refractivity contribution in [2.75, 3.05) is 0 Å². The molecule has 0 bridgehead atoms. The molecule has 0 radical (unpaired) electrons. The van der Waals surface area contributed by atoms with E-state index in [4.69, 9.17) is 23.7 Å². The molecule has 6 unspecified atom stereocenters. The zero-order chi connectivity index (χ0) is 23.6. The van der Waals surface area contributed by atoms with Gasteiger partial charge in [0.05, 0.1) is 30.7 Å². The molecule has 6 heteroatoms. The van der Waals surface area contributed by atoms with Gasteiger partial charge in [0.1, 0.15) is 12.2 Å². The Morgan fingerprint density at radius 1 is 0.688 bits per heavy atom. The summed E-state index contributed by atoms with van der Waals surface area (Å²) in [7, 11) is 0. The molecule has 0 aromatic carbocycles. The normalized spacial score (nSPS) is 49.6. The van der Waals surface area contributed by atoms with Gasteiger partial charge >= 0.3 is 0 Å². The fraction of sp³-hybridized carbons (Fsp3) is 0.923. The molecule has 3 heterocycles. The maximum absolute atomic E-state index is 10.8. The Morgan fingerprint density at radius 3 is 1.88 bits per heavy atom. The third-order valence-electron chi connectivity index (χ3n) is 8.16. The van der Waals surface area contributed by atoms with Gasteiger partial charge in [-0.25, -0.2) is 0 Å². The van der Waals surface area contributed by atoms with E-state index in [9.17, 15) is 5.11 Å². The molecule has 0 aliphatic carbocycles. The summed E-state index contributed by atoms with van der Waals surface area (Å²) < 4.78 is 31.8. The number of ether oxygens (including phenoxy) is 5. The van der Waals surface area contributed by atoms with Crippen LogP contribution in [-0.4, -0.2) is 54.3 Å². The number of hydrogen-bond donors (Lipinski definition) is 1. The van der Waals surface area contributed by atoms with E-state index in [0.29, 0.717) is 0 Å². The van der Waals surface area contributed by atoms with E-state index < -0.39 is 12.4 Å². The molecule has 3 aliphatic heterocycles. The monoisotopic (exact) mass is 454 g/mol. The van der Waals surface area contributed by atoms with E-state index in [-0.39, 0.29) is 66.4 Å². The summed E-state index contributed by atoms with van der Waals surface area (Å²) >= 11 is 0. The fourth-order valence-corrected chi connectivity index (χ4v) is 5.50. The first-order valence-corrected chi connectivity index (χ1v) is 12.8. The SMILES string of the molecule is CCC1OC=CC(C)[C@H]1O[C@@H]1OC(CC)[C@H](O[C@@H]2OC(CC)[C@H](C)[C@H](O)C2C)[C@H](C)C1C. The summed E-state index contributed by atoms with van der Waals surface area (Å²) in [6.07, 6.45) is 5.12. The summed E-state index contributed by atoms with van der Waals surface area (Å²) in [6, 6.07) is 0. The Labute approximate surface area is 195 Å². The smallest absolute Gasteiger partial charge is 0.163 e. The lowest BCUT2D eigenvalue weighted by molar-refractivity contribution is -0.336. The van der Waals surface area contributed by atoms with Crippen molar-refractivity contribution < 1.29 is 28.8 Å². The van der Waals surface area contributed by atoms with Crippen LogP contribution in [0.4, 0.5) is 0 Å². The quantitative estimate of drug-likeness (QED) is 0.591. The van der Waals surface area contributed by atoms with Gasteiger partial charge < -0.3 is 28.8 Å². The van der Waals surface area contributed by atoms with Gasteiger partial charge in [-0.3, -0.25) is 0 Å². The molecular weight excluding hydrogens is 408 g/mol. The molecule has 0 aromatic heterocycles. The lowest BCUT2D eigenvalue weighted by Gasteiger charge is -2.49. The first kappa shape index (κ1) is 26.0. The van der Waals surface area contributed by atoms with Crippen LogP contribution in [0, 0.1) is 29.6 Å². The zero-order valence-corrected chi connectivity index (χ0v) is 21.3. The lowest BCUT2D eigenvalue weighted by Crippen LogP contribution is -2.57. The molecule has 0 spiro atoms. The van der Waals surface area contributed by atoms with Gasteiger partial charge in [-0.1, -0.05) is 55.4 Å². The maximum atomic E-state index is 10.8.